The zero-order valence-corrected chi connectivity index (χ0v) is 15.1. The van der Waals surface area contributed by atoms with Gasteiger partial charge in [-0.15, -0.1) is 0 Å². The van der Waals surface area contributed by atoms with Crippen LogP contribution in [0.25, 0.3) is 0 Å². The zero-order chi connectivity index (χ0) is 16.6. The SMILES string of the molecule is C[C@@H](CCO)[C@H]1CCC[C@]12CCC[C@@H]1CC=C(C3OCCO3)CN12. The van der Waals surface area contributed by atoms with E-state index in [9.17, 15) is 5.11 Å². The molecular weight excluding hydrogens is 302 g/mol. The molecule has 2 saturated heterocycles. The fraction of sp³-hybridized carbons (Fsp3) is 0.900. The van der Waals surface area contributed by atoms with Crippen molar-refractivity contribution >= 4 is 0 Å². The number of nitrogens with zero attached hydrogens (tertiary/aromatic N) is 1. The van der Waals surface area contributed by atoms with E-state index >= 15 is 0 Å². The van der Waals surface area contributed by atoms with Gasteiger partial charge < -0.3 is 14.6 Å². The predicted octanol–water partition coefficient (Wildman–Crippen LogP) is 3.10. The highest BCUT2D eigenvalue weighted by Crippen LogP contribution is 2.52. The normalized spacial score (nSPS) is 39.2. The Labute approximate surface area is 146 Å². The van der Waals surface area contributed by atoms with Crippen molar-refractivity contribution in [2.75, 3.05) is 26.4 Å². The second-order valence-corrected chi connectivity index (χ2v) is 8.35. The second kappa shape index (κ2) is 7.06. The Morgan fingerprint density at radius 2 is 2.00 bits per heavy atom. The molecule has 136 valence electrons. The van der Waals surface area contributed by atoms with E-state index in [1.54, 1.807) is 0 Å². The third-order valence-corrected chi connectivity index (χ3v) is 7.18. The van der Waals surface area contributed by atoms with Crippen LogP contribution in [0.4, 0.5) is 0 Å². The summed E-state index contributed by atoms with van der Waals surface area (Å²) in [5.41, 5.74) is 1.71. The van der Waals surface area contributed by atoms with Gasteiger partial charge in [-0.05, 0) is 55.9 Å². The fourth-order valence-corrected chi connectivity index (χ4v) is 6.10. The summed E-state index contributed by atoms with van der Waals surface area (Å²) in [7, 11) is 0. The van der Waals surface area contributed by atoms with E-state index in [0.29, 0.717) is 24.1 Å². The predicted molar refractivity (Wildman–Crippen MR) is 93.7 cm³/mol. The van der Waals surface area contributed by atoms with Crippen LogP contribution in [-0.2, 0) is 9.47 Å². The maximum atomic E-state index is 9.45. The van der Waals surface area contributed by atoms with E-state index in [2.05, 4.69) is 17.9 Å². The second-order valence-electron chi connectivity index (χ2n) is 8.35. The van der Waals surface area contributed by atoms with Gasteiger partial charge in [0.15, 0.2) is 6.29 Å². The molecule has 4 heteroatoms. The minimum absolute atomic E-state index is 0.0976. The Hall–Kier alpha value is -0.420. The summed E-state index contributed by atoms with van der Waals surface area (Å²) in [5, 5.41) is 9.45. The van der Waals surface area contributed by atoms with E-state index < -0.39 is 0 Å². The lowest BCUT2D eigenvalue weighted by Gasteiger charge is -2.56. The Bertz CT molecular complexity index is 474. The van der Waals surface area contributed by atoms with Crippen LogP contribution in [0.3, 0.4) is 0 Å². The van der Waals surface area contributed by atoms with Crippen LogP contribution in [0.1, 0.15) is 58.3 Å². The van der Waals surface area contributed by atoms with Crippen molar-refractivity contribution in [2.24, 2.45) is 11.8 Å². The zero-order valence-electron chi connectivity index (χ0n) is 15.1. The summed E-state index contributed by atoms with van der Waals surface area (Å²) < 4.78 is 11.6. The Balaban J connectivity index is 1.57. The topological polar surface area (TPSA) is 41.9 Å². The molecule has 4 nitrogen and oxygen atoms in total. The van der Waals surface area contributed by atoms with Crippen molar-refractivity contribution in [3.63, 3.8) is 0 Å². The molecule has 3 aliphatic heterocycles. The van der Waals surface area contributed by atoms with Crippen LogP contribution in [0.15, 0.2) is 11.6 Å². The van der Waals surface area contributed by atoms with Crippen molar-refractivity contribution in [3.05, 3.63) is 11.6 Å². The molecule has 4 atom stereocenters. The molecule has 0 aromatic heterocycles. The quantitative estimate of drug-likeness (QED) is 0.802. The number of ether oxygens (including phenoxy) is 2. The van der Waals surface area contributed by atoms with Crippen LogP contribution in [-0.4, -0.2) is 54.2 Å². The lowest BCUT2D eigenvalue weighted by Crippen LogP contribution is -2.61. The van der Waals surface area contributed by atoms with Crippen LogP contribution in [0, 0.1) is 11.8 Å². The molecule has 4 rings (SSSR count). The Morgan fingerprint density at radius 3 is 2.75 bits per heavy atom. The van der Waals surface area contributed by atoms with Crippen molar-refractivity contribution in [2.45, 2.75) is 76.2 Å². The van der Waals surface area contributed by atoms with E-state index in [1.807, 2.05) is 0 Å². The van der Waals surface area contributed by atoms with Gasteiger partial charge in [-0.25, -0.2) is 0 Å². The highest BCUT2D eigenvalue weighted by Gasteiger charge is 2.53. The monoisotopic (exact) mass is 335 g/mol. The summed E-state index contributed by atoms with van der Waals surface area (Å²) in [6.07, 6.45) is 12.5. The van der Waals surface area contributed by atoms with Crippen LogP contribution in [0.5, 0.6) is 0 Å². The van der Waals surface area contributed by atoms with Gasteiger partial charge in [0.2, 0.25) is 0 Å². The summed E-state index contributed by atoms with van der Waals surface area (Å²) in [5.74, 6) is 1.35. The van der Waals surface area contributed by atoms with Gasteiger partial charge in [-0.3, -0.25) is 4.90 Å². The molecule has 0 aromatic rings. The average molecular weight is 335 g/mol. The number of fused-ring (bicyclic) bond motifs is 2. The molecule has 1 spiro atoms. The molecule has 4 aliphatic rings. The number of rotatable bonds is 4. The lowest BCUT2D eigenvalue weighted by molar-refractivity contribution is -0.0618. The molecule has 1 aliphatic carbocycles. The van der Waals surface area contributed by atoms with Gasteiger partial charge in [-0.1, -0.05) is 25.8 Å². The van der Waals surface area contributed by atoms with E-state index in [4.69, 9.17) is 9.47 Å². The molecule has 0 unspecified atom stereocenters. The van der Waals surface area contributed by atoms with E-state index in [-0.39, 0.29) is 6.29 Å². The van der Waals surface area contributed by atoms with Gasteiger partial charge in [0.05, 0.1) is 13.2 Å². The van der Waals surface area contributed by atoms with Gasteiger partial charge >= 0.3 is 0 Å². The van der Waals surface area contributed by atoms with Crippen molar-refractivity contribution in [3.8, 4) is 0 Å². The Kier molecular flexibility index (Phi) is 5.01. The minimum Gasteiger partial charge on any atom is -0.396 e. The summed E-state index contributed by atoms with van der Waals surface area (Å²) in [4.78, 5) is 2.85. The summed E-state index contributed by atoms with van der Waals surface area (Å²) >= 11 is 0. The molecule has 0 amide bonds. The molecule has 0 aromatic carbocycles. The standard InChI is InChI=1S/C20H33NO3/c1-15(8-11-22)18-5-3-10-20(18)9-2-4-17-7-6-16(14-21(17)20)19-23-12-13-24-19/h6,15,17-19,22H,2-5,7-14H2,1H3/t15-,17+,18+,20+/m0/s1. The van der Waals surface area contributed by atoms with Crippen LogP contribution >= 0.6 is 0 Å². The molecule has 3 fully saturated rings. The first-order chi connectivity index (χ1) is 11.7. The maximum absolute atomic E-state index is 9.45. The third kappa shape index (κ3) is 2.86. The van der Waals surface area contributed by atoms with Crippen molar-refractivity contribution in [1.82, 2.24) is 4.90 Å². The fourth-order valence-electron chi connectivity index (χ4n) is 6.10. The van der Waals surface area contributed by atoms with Crippen molar-refractivity contribution in [1.29, 1.82) is 0 Å². The van der Waals surface area contributed by atoms with Gasteiger partial charge in [-0.2, -0.15) is 0 Å². The molecule has 24 heavy (non-hydrogen) atoms. The third-order valence-electron chi connectivity index (χ3n) is 7.18. The van der Waals surface area contributed by atoms with Crippen LogP contribution < -0.4 is 0 Å². The van der Waals surface area contributed by atoms with Gasteiger partial charge in [0, 0.05) is 24.7 Å². The highest BCUT2D eigenvalue weighted by atomic mass is 16.7. The first-order valence-corrected chi connectivity index (χ1v) is 10.0. The number of hydrogen-bond acceptors (Lipinski definition) is 4. The molecular formula is C20H33NO3. The first kappa shape index (κ1) is 17.0. The van der Waals surface area contributed by atoms with Crippen molar-refractivity contribution < 1.29 is 14.6 Å². The first-order valence-electron chi connectivity index (χ1n) is 10.0. The van der Waals surface area contributed by atoms with Gasteiger partial charge in [0.1, 0.15) is 0 Å². The number of aliphatic hydroxyl groups excluding tert-OH is 1. The number of hydrogen-bond donors (Lipinski definition) is 1. The average Bonchev–Trinajstić information content (AvgIpc) is 3.26. The van der Waals surface area contributed by atoms with Crippen LogP contribution in [0.2, 0.25) is 0 Å². The summed E-state index contributed by atoms with van der Waals surface area (Å²) in [6, 6.07) is 0.700. The van der Waals surface area contributed by atoms with E-state index in [1.165, 1.54) is 44.1 Å². The summed E-state index contributed by atoms with van der Waals surface area (Å²) in [6.45, 7) is 5.17. The largest absolute Gasteiger partial charge is 0.396 e. The van der Waals surface area contributed by atoms with E-state index in [0.717, 1.165) is 38.5 Å². The van der Waals surface area contributed by atoms with Gasteiger partial charge in [0.25, 0.3) is 0 Å². The maximum Gasteiger partial charge on any atom is 0.181 e. The molecule has 0 bridgehead atoms. The molecule has 1 saturated carbocycles. The number of aliphatic hydroxyl groups is 1. The Morgan fingerprint density at radius 1 is 1.25 bits per heavy atom. The molecule has 3 heterocycles. The highest BCUT2D eigenvalue weighted by molar-refractivity contribution is 5.19. The number of piperidine rings is 1. The molecule has 1 N–H and O–H groups in total. The smallest absolute Gasteiger partial charge is 0.181 e. The molecule has 0 radical (unpaired) electrons. The lowest BCUT2D eigenvalue weighted by atomic mass is 9.69. The minimum atomic E-state index is -0.0976.